The van der Waals surface area contributed by atoms with Crippen molar-refractivity contribution in [3.8, 4) is 0 Å². The molecule has 0 spiro atoms. The van der Waals surface area contributed by atoms with Crippen molar-refractivity contribution in [2.24, 2.45) is 17.6 Å². The predicted molar refractivity (Wildman–Crippen MR) is 113 cm³/mol. The number of hydrogen-bond donors (Lipinski definition) is 5. The molecule has 1 rings (SSSR count). The molecule has 1 saturated carbocycles. The standard InChI is InChI=1S/C21H40N4O4/c1-14(2)15(3)23-19(26)18(13-16-9-5-4-6-10-16)25-21(29)24-17(20(27)28)11-7-8-12-22/h14-18H,4-13,22H2,1-3H3,(H,23,26)(H,27,28)(H2,24,25,29). The Hall–Kier alpha value is -1.83. The van der Waals surface area contributed by atoms with Crippen LogP contribution in [0.2, 0.25) is 0 Å². The quantitative estimate of drug-likeness (QED) is 0.314. The topological polar surface area (TPSA) is 134 Å². The van der Waals surface area contributed by atoms with E-state index in [2.05, 4.69) is 16.0 Å². The summed E-state index contributed by atoms with van der Waals surface area (Å²) >= 11 is 0. The lowest BCUT2D eigenvalue weighted by Crippen LogP contribution is -2.55. The lowest BCUT2D eigenvalue weighted by atomic mass is 9.84. The number of carboxylic acids is 1. The summed E-state index contributed by atoms with van der Waals surface area (Å²) in [5.41, 5.74) is 5.45. The van der Waals surface area contributed by atoms with Gasteiger partial charge in [0.1, 0.15) is 12.1 Å². The Morgan fingerprint density at radius 3 is 2.14 bits per heavy atom. The Morgan fingerprint density at radius 1 is 0.966 bits per heavy atom. The van der Waals surface area contributed by atoms with Gasteiger partial charge >= 0.3 is 12.0 Å². The number of aliphatic carboxylic acids is 1. The molecule has 1 aliphatic carbocycles. The lowest BCUT2D eigenvalue weighted by molar-refractivity contribution is -0.139. The Balaban J connectivity index is 2.72. The van der Waals surface area contributed by atoms with Gasteiger partial charge in [-0.1, -0.05) is 46.0 Å². The van der Waals surface area contributed by atoms with E-state index >= 15 is 0 Å². The highest BCUT2D eigenvalue weighted by atomic mass is 16.4. The number of rotatable bonds is 12. The minimum atomic E-state index is -1.08. The number of urea groups is 1. The molecule has 0 bridgehead atoms. The van der Waals surface area contributed by atoms with Crippen molar-refractivity contribution in [3.05, 3.63) is 0 Å². The summed E-state index contributed by atoms with van der Waals surface area (Å²) in [6, 6.07) is -2.28. The first-order valence-electron chi connectivity index (χ1n) is 11.0. The number of carbonyl (C=O) groups excluding carboxylic acids is 2. The van der Waals surface area contributed by atoms with Crippen LogP contribution in [-0.2, 0) is 9.59 Å². The second-order valence-electron chi connectivity index (χ2n) is 8.63. The molecule has 0 heterocycles. The minimum Gasteiger partial charge on any atom is -0.480 e. The smallest absolute Gasteiger partial charge is 0.326 e. The van der Waals surface area contributed by atoms with Crippen LogP contribution < -0.4 is 21.7 Å². The summed E-state index contributed by atoms with van der Waals surface area (Å²) in [4.78, 5) is 36.7. The first kappa shape index (κ1) is 25.2. The highest BCUT2D eigenvalue weighted by molar-refractivity contribution is 5.88. The van der Waals surface area contributed by atoms with Crippen LogP contribution in [0.25, 0.3) is 0 Å². The van der Waals surface area contributed by atoms with E-state index in [1.54, 1.807) is 0 Å². The molecular weight excluding hydrogens is 372 g/mol. The maximum absolute atomic E-state index is 12.8. The third kappa shape index (κ3) is 9.96. The van der Waals surface area contributed by atoms with Gasteiger partial charge in [-0.15, -0.1) is 0 Å². The zero-order chi connectivity index (χ0) is 21.8. The van der Waals surface area contributed by atoms with E-state index < -0.39 is 24.1 Å². The van der Waals surface area contributed by atoms with Crippen molar-refractivity contribution in [2.45, 2.75) is 96.7 Å². The van der Waals surface area contributed by atoms with Crippen molar-refractivity contribution in [3.63, 3.8) is 0 Å². The molecular formula is C21H40N4O4. The zero-order valence-electron chi connectivity index (χ0n) is 18.2. The maximum Gasteiger partial charge on any atom is 0.326 e. The third-order valence-corrected chi connectivity index (χ3v) is 5.84. The molecule has 0 saturated heterocycles. The van der Waals surface area contributed by atoms with E-state index in [1.807, 2.05) is 20.8 Å². The fourth-order valence-corrected chi connectivity index (χ4v) is 3.59. The molecule has 0 aliphatic heterocycles. The Bertz CT molecular complexity index is 521. The van der Waals surface area contributed by atoms with Gasteiger partial charge in [0.25, 0.3) is 0 Å². The monoisotopic (exact) mass is 412 g/mol. The average Bonchev–Trinajstić information content (AvgIpc) is 2.67. The summed E-state index contributed by atoms with van der Waals surface area (Å²) in [6.45, 7) is 6.48. The van der Waals surface area contributed by atoms with E-state index in [0.29, 0.717) is 38.1 Å². The number of amides is 3. The molecule has 8 nitrogen and oxygen atoms in total. The highest BCUT2D eigenvalue weighted by Crippen LogP contribution is 2.27. The van der Waals surface area contributed by atoms with Gasteiger partial charge in [0.15, 0.2) is 0 Å². The van der Waals surface area contributed by atoms with Crippen LogP contribution in [0.3, 0.4) is 0 Å². The molecule has 3 atom stereocenters. The second kappa shape index (κ2) is 13.4. The van der Waals surface area contributed by atoms with Crippen LogP contribution in [0.15, 0.2) is 0 Å². The Kier molecular flexibility index (Phi) is 11.7. The van der Waals surface area contributed by atoms with Gasteiger partial charge in [-0.2, -0.15) is 0 Å². The normalized spacial score (nSPS) is 18.0. The summed E-state index contributed by atoms with van der Waals surface area (Å²) in [5.74, 6) is -0.614. The molecule has 0 aromatic heterocycles. The minimum absolute atomic E-state index is 0.00996. The zero-order valence-corrected chi connectivity index (χ0v) is 18.2. The van der Waals surface area contributed by atoms with E-state index in [4.69, 9.17) is 5.73 Å². The Morgan fingerprint density at radius 2 is 1.59 bits per heavy atom. The van der Waals surface area contributed by atoms with Gasteiger partial charge in [0, 0.05) is 6.04 Å². The molecule has 0 aromatic carbocycles. The van der Waals surface area contributed by atoms with Crippen LogP contribution in [-0.4, -0.2) is 47.7 Å². The molecule has 3 unspecified atom stereocenters. The highest BCUT2D eigenvalue weighted by Gasteiger charge is 2.28. The molecule has 8 heteroatoms. The molecule has 1 aliphatic rings. The average molecular weight is 413 g/mol. The van der Waals surface area contributed by atoms with Gasteiger partial charge in [0.05, 0.1) is 0 Å². The van der Waals surface area contributed by atoms with Gasteiger partial charge in [-0.3, -0.25) is 4.79 Å². The van der Waals surface area contributed by atoms with Crippen molar-refractivity contribution in [2.75, 3.05) is 6.54 Å². The summed E-state index contributed by atoms with van der Waals surface area (Å²) in [7, 11) is 0. The molecule has 6 N–H and O–H groups in total. The fraction of sp³-hybridized carbons (Fsp3) is 0.857. The van der Waals surface area contributed by atoms with Gasteiger partial charge in [-0.05, 0) is 51.0 Å². The molecule has 0 aromatic rings. The second-order valence-corrected chi connectivity index (χ2v) is 8.63. The van der Waals surface area contributed by atoms with Crippen LogP contribution >= 0.6 is 0 Å². The van der Waals surface area contributed by atoms with Crippen molar-refractivity contribution >= 4 is 17.9 Å². The summed E-state index contributed by atoms with van der Waals surface area (Å²) in [6.07, 6.45) is 7.84. The molecule has 168 valence electrons. The van der Waals surface area contributed by atoms with Crippen molar-refractivity contribution in [1.82, 2.24) is 16.0 Å². The van der Waals surface area contributed by atoms with Crippen LogP contribution in [0.5, 0.6) is 0 Å². The molecule has 3 amide bonds. The van der Waals surface area contributed by atoms with Crippen molar-refractivity contribution in [1.29, 1.82) is 0 Å². The van der Waals surface area contributed by atoms with Crippen LogP contribution in [0.4, 0.5) is 4.79 Å². The number of unbranched alkanes of at least 4 members (excludes halogenated alkanes) is 1. The largest absolute Gasteiger partial charge is 0.480 e. The maximum atomic E-state index is 12.8. The number of nitrogens with two attached hydrogens (primary N) is 1. The van der Waals surface area contributed by atoms with Gasteiger partial charge in [-0.25, -0.2) is 9.59 Å². The molecule has 0 radical (unpaired) electrons. The third-order valence-electron chi connectivity index (χ3n) is 5.84. The number of carbonyl (C=O) groups is 3. The van der Waals surface area contributed by atoms with E-state index in [0.717, 1.165) is 25.7 Å². The first-order valence-corrected chi connectivity index (χ1v) is 11.0. The van der Waals surface area contributed by atoms with E-state index in [9.17, 15) is 19.5 Å². The van der Waals surface area contributed by atoms with Gasteiger partial charge in [0.2, 0.25) is 5.91 Å². The fourth-order valence-electron chi connectivity index (χ4n) is 3.59. The van der Waals surface area contributed by atoms with Crippen LogP contribution in [0, 0.1) is 11.8 Å². The lowest BCUT2D eigenvalue weighted by Gasteiger charge is -2.28. The van der Waals surface area contributed by atoms with Gasteiger partial charge < -0.3 is 26.8 Å². The first-order chi connectivity index (χ1) is 13.7. The summed E-state index contributed by atoms with van der Waals surface area (Å²) < 4.78 is 0. The SMILES string of the molecule is CC(C)C(C)NC(=O)C(CC1CCCCC1)NC(=O)NC(CCCCN)C(=O)O. The van der Waals surface area contributed by atoms with Crippen molar-refractivity contribution < 1.29 is 19.5 Å². The Labute approximate surface area is 174 Å². The summed E-state index contributed by atoms with van der Waals surface area (Å²) in [5, 5.41) is 17.6. The predicted octanol–water partition coefficient (Wildman–Crippen LogP) is 2.37. The van der Waals surface area contributed by atoms with Crippen LogP contribution in [0.1, 0.15) is 78.6 Å². The number of nitrogens with one attached hydrogen (secondary N) is 3. The molecule has 29 heavy (non-hydrogen) atoms. The van der Waals surface area contributed by atoms with E-state index in [-0.39, 0.29) is 17.9 Å². The number of hydrogen-bond acceptors (Lipinski definition) is 4. The number of carboxylic acid groups (broad SMARTS) is 1. The van der Waals surface area contributed by atoms with E-state index in [1.165, 1.54) is 6.42 Å². The molecule has 1 fully saturated rings.